The first-order valence-corrected chi connectivity index (χ1v) is 9.70. The van der Waals surface area contributed by atoms with Crippen LogP contribution in [0.2, 0.25) is 5.15 Å². The Hall–Kier alpha value is -2.03. The minimum atomic E-state index is -3.87. The molecule has 2 aromatic rings. The summed E-state index contributed by atoms with van der Waals surface area (Å²) in [5, 5.41) is 2.50. The maximum atomic E-state index is 12.8. The van der Waals surface area contributed by atoms with E-state index in [1.807, 2.05) is 0 Å². The molecule has 0 spiro atoms. The number of pyridine rings is 2. The highest BCUT2D eigenvalue weighted by Crippen LogP contribution is 2.32. The average Bonchev–Trinajstić information content (AvgIpc) is 2.43. The first-order chi connectivity index (χ1) is 11.9. The van der Waals surface area contributed by atoms with E-state index in [1.54, 1.807) is 39.8 Å². The molecule has 0 aliphatic carbocycles. The monoisotopic (exact) mass is 396 g/mol. The molecule has 9 heteroatoms. The Bertz CT molecular complexity index is 953. The molecule has 0 atom stereocenters. The predicted octanol–water partition coefficient (Wildman–Crippen LogP) is 3.14. The number of carbonyl (C=O) groups excluding carboxylic acids is 1. The second kappa shape index (κ2) is 7.30. The molecule has 26 heavy (non-hydrogen) atoms. The predicted molar refractivity (Wildman–Crippen MR) is 102 cm³/mol. The van der Waals surface area contributed by atoms with Crippen LogP contribution in [-0.4, -0.2) is 29.8 Å². The molecule has 2 heterocycles. The number of nitrogens with one attached hydrogen (secondary N) is 2. The van der Waals surface area contributed by atoms with E-state index < -0.39 is 15.6 Å². The normalized spacial score (nSPS) is 12.1. The summed E-state index contributed by atoms with van der Waals surface area (Å²) < 4.78 is 28.1. The lowest BCUT2D eigenvalue weighted by atomic mass is 10.0. The van der Waals surface area contributed by atoms with E-state index in [1.165, 1.54) is 19.3 Å². The third kappa shape index (κ3) is 4.78. The van der Waals surface area contributed by atoms with E-state index in [4.69, 9.17) is 11.6 Å². The third-order valence-corrected chi connectivity index (χ3v) is 5.64. The lowest BCUT2D eigenvalue weighted by Crippen LogP contribution is -2.41. The van der Waals surface area contributed by atoms with Crippen LogP contribution in [0.1, 0.15) is 33.3 Å². The molecule has 0 aliphatic rings. The van der Waals surface area contributed by atoms with Gasteiger partial charge in [0, 0.05) is 30.4 Å². The maximum absolute atomic E-state index is 12.8. The van der Waals surface area contributed by atoms with E-state index in [0.29, 0.717) is 22.5 Å². The highest BCUT2D eigenvalue weighted by atomic mass is 35.5. The van der Waals surface area contributed by atoms with Crippen molar-refractivity contribution in [1.29, 1.82) is 0 Å². The average molecular weight is 397 g/mol. The number of rotatable bonds is 4. The highest BCUT2D eigenvalue weighted by Gasteiger charge is 2.28. The van der Waals surface area contributed by atoms with Gasteiger partial charge in [0.1, 0.15) is 15.9 Å². The van der Waals surface area contributed by atoms with Gasteiger partial charge in [0.15, 0.2) is 0 Å². The molecule has 0 saturated heterocycles. The summed E-state index contributed by atoms with van der Waals surface area (Å²) in [7, 11) is -3.87. The third-order valence-electron chi connectivity index (χ3n) is 3.32. The van der Waals surface area contributed by atoms with Gasteiger partial charge in [-0.15, -0.1) is 0 Å². The minimum Gasteiger partial charge on any atom is -0.311 e. The maximum Gasteiger partial charge on any atom is 0.244 e. The summed E-state index contributed by atoms with van der Waals surface area (Å²) in [5.41, 5.74) is 1.04. The van der Waals surface area contributed by atoms with Crippen molar-refractivity contribution in [2.45, 2.75) is 45.1 Å². The summed E-state index contributed by atoms with van der Waals surface area (Å²) in [4.78, 5) is 19.3. The van der Waals surface area contributed by atoms with Crippen LogP contribution in [0.4, 0.5) is 5.82 Å². The van der Waals surface area contributed by atoms with Crippen molar-refractivity contribution in [3.8, 4) is 11.1 Å². The first-order valence-electron chi connectivity index (χ1n) is 7.84. The molecular formula is C17H21ClN4O3S. The zero-order valence-electron chi connectivity index (χ0n) is 15.2. The van der Waals surface area contributed by atoms with Crippen molar-refractivity contribution >= 4 is 33.3 Å². The van der Waals surface area contributed by atoms with Gasteiger partial charge in [0.2, 0.25) is 15.9 Å². The van der Waals surface area contributed by atoms with Gasteiger partial charge in [-0.3, -0.25) is 4.79 Å². The number of sulfonamides is 1. The second-order valence-electron chi connectivity index (χ2n) is 6.88. The zero-order chi connectivity index (χ0) is 19.7. The lowest BCUT2D eigenvalue weighted by molar-refractivity contribution is -0.114. The van der Waals surface area contributed by atoms with Gasteiger partial charge in [0.05, 0.1) is 0 Å². The van der Waals surface area contributed by atoms with Crippen LogP contribution < -0.4 is 10.0 Å². The number of hydrogen-bond donors (Lipinski definition) is 2. The summed E-state index contributed by atoms with van der Waals surface area (Å²) in [6.07, 6.45) is 3.02. The van der Waals surface area contributed by atoms with E-state index in [9.17, 15) is 13.2 Å². The Kier molecular flexibility index (Phi) is 5.70. The number of amides is 1. The fourth-order valence-electron chi connectivity index (χ4n) is 2.46. The van der Waals surface area contributed by atoms with Crippen molar-refractivity contribution in [2.24, 2.45) is 0 Å². The Balaban J connectivity index is 2.59. The number of anilines is 1. The SMILES string of the molecule is CC(=O)Nc1cc(-c2cnc(Cl)c(S(=O)(=O)NC(C)(C)C)c2C)ccn1. The smallest absolute Gasteiger partial charge is 0.244 e. The summed E-state index contributed by atoms with van der Waals surface area (Å²) in [6.45, 7) is 8.28. The molecule has 2 rings (SSSR count). The fourth-order valence-corrected chi connectivity index (χ4v) is 4.65. The zero-order valence-corrected chi connectivity index (χ0v) is 16.8. The van der Waals surface area contributed by atoms with Crippen molar-refractivity contribution in [3.05, 3.63) is 35.2 Å². The summed E-state index contributed by atoms with van der Waals surface area (Å²) in [6, 6.07) is 3.35. The van der Waals surface area contributed by atoms with E-state index >= 15 is 0 Å². The summed E-state index contributed by atoms with van der Waals surface area (Å²) in [5.74, 6) is 0.111. The first kappa shape index (κ1) is 20.3. The number of nitrogens with zero attached hydrogens (tertiary/aromatic N) is 2. The molecule has 0 unspecified atom stereocenters. The molecule has 0 aliphatic heterocycles. The van der Waals surface area contributed by atoms with Gasteiger partial charge in [-0.05, 0) is 51.0 Å². The number of hydrogen-bond acceptors (Lipinski definition) is 5. The van der Waals surface area contributed by atoms with E-state index in [0.717, 1.165) is 0 Å². The Morgan fingerprint density at radius 3 is 2.46 bits per heavy atom. The molecular weight excluding hydrogens is 376 g/mol. The topological polar surface area (TPSA) is 101 Å². The largest absolute Gasteiger partial charge is 0.311 e. The van der Waals surface area contributed by atoms with Crippen molar-refractivity contribution in [2.75, 3.05) is 5.32 Å². The molecule has 0 saturated carbocycles. The Morgan fingerprint density at radius 2 is 1.88 bits per heavy atom. The van der Waals surface area contributed by atoms with Crippen LogP contribution >= 0.6 is 11.6 Å². The number of aromatic nitrogens is 2. The van der Waals surface area contributed by atoms with Crippen LogP contribution in [0.5, 0.6) is 0 Å². The molecule has 0 fully saturated rings. The Labute approximate surface area is 158 Å². The molecule has 7 nitrogen and oxygen atoms in total. The van der Waals surface area contributed by atoms with Gasteiger partial charge >= 0.3 is 0 Å². The number of carbonyl (C=O) groups is 1. The van der Waals surface area contributed by atoms with Crippen LogP contribution in [0.3, 0.4) is 0 Å². The standard InChI is InChI=1S/C17H21ClN4O3S/c1-10-13(12-6-7-19-14(8-12)21-11(2)23)9-20-16(18)15(10)26(24,25)22-17(3,4)5/h6-9,22H,1-5H3,(H,19,21,23). The van der Waals surface area contributed by atoms with Crippen LogP contribution in [0, 0.1) is 6.92 Å². The summed E-state index contributed by atoms with van der Waals surface area (Å²) >= 11 is 6.10. The van der Waals surface area contributed by atoms with Crippen LogP contribution in [0.25, 0.3) is 11.1 Å². The van der Waals surface area contributed by atoms with Crippen molar-refractivity contribution < 1.29 is 13.2 Å². The van der Waals surface area contributed by atoms with Crippen LogP contribution in [-0.2, 0) is 14.8 Å². The second-order valence-corrected chi connectivity index (χ2v) is 8.86. The van der Waals surface area contributed by atoms with Crippen molar-refractivity contribution in [1.82, 2.24) is 14.7 Å². The van der Waals surface area contributed by atoms with Gasteiger partial charge in [-0.25, -0.2) is 23.1 Å². The molecule has 2 aromatic heterocycles. The van der Waals surface area contributed by atoms with Gasteiger partial charge in [-0.2, -0.15) is 0 Å². The van der Waals surface area contributed by atoms with Gasteiger partial charge < -0.3 is 5.32 Å². The fraction of sp³-hybridized carbons (Fsp3) is 0.353. The minimum absolute atomic E-state index is 0.0653. The number of halogens is 1. The molecule has 140 valence electrons. The molecule has 2 N–H and O–H groups in total. The quantitative estimate of drug-likeness (QED) is 0.773. The van der Waals surface area contributed by atoms with E-state index in [2.05, 4.69) is 20.0 Å². The lowest BCUT2D eigenvalue weighted by Gasteiger charge is -2.22. The van der Waals surface area contributed by atoms with Crippen molar-refractivity contribution in [3.63, 3.8) is 0 Å². The molecule has 1 amide bonds. The van der Waals surface area contributed by atoms with Gasteiger partial charge in [-0.1, -0.05) is 11.6 Å². The molecule has 0 radical (unpaired) electrons. The van der Waals surface area contributed by atoms with Gasteiger partial charge in [0.25, 0.3) is 0 Å². The van der Waals surface area contributed by atoms with E-state index in [-0.39, 0.29) is 16.0 Å². The molecule has 0 aromatic carbocycles. The molecule has 0 bridgehead atoms. The highest BCUT2D eigenvalue weighted by molar-refractivity contribution is 7.89. The van der Waals surface area contributed by atoms with Crippen LogP contribution in [0.15, 0.2) is 29.4 Å². The Morgan fingerprint density at radius 1 is 1.23 bits per heavy atom.